The number of nitrogens with zero attached hydrogens (tertiary/aromatic N) is 4. The van der Waals surface area contributed by atoms with E-state index >= 15 is 0 Å². The van der Waals surface area contributed by atoms with E-state index in [0.29, 0.717) is 17.8 Å². The molecule has 148 valence electrons. The average Bonchev–Trinajstić information content (AvgIpc) is 3.25. The summed E-state index contributed by atoms with van der Waals surface area (Å²) in [6.07, 6.45) is 1.18. The normalized spacial score (nSPS) is 16.1. The van der Waals surface area contributed by atoms with Crippen molar-refractivity contribution in [2.24, 2.45) is 10.4 Å². The molecule has 3 rings (SSSR count). The van der Waals surface area contributed by atoms with Crippen LogP contribution in [-0.2, 0) is 6.54 Å². The van der Waals surface area contributed by atoms with E-state index in [0.717, 1.165) is 42.7 Å². The number of methoxy groups -OCH3 is 1. The van der Waals surface area contributed by atoms with Crippen LogP contribution in [-0.4, -0.2) is 52.8 Å². The van der Waals surface area contributed by atoms with Crippen LogP contribution in [0, 0.1) is 5.41 Å². The Kier molecular flexibility index (Phi) is 7.46. The van der Waals surface area contributed by atoms with E-state index in [4.69, 9.17) is 9.73 Å². The summed E-state index contributed by atoms with van der Waals surface area (Å²) in [6, 6.07) is 7.71. The van der Waals surface area contributed by atoms with Gasteiger partial charge in [-0.1, -0.05) is 13.8 Å². The minimum absolute atomic E-state index is 0. The molecule has 2 heterocycles. The fourth-order valence-corrected chi connectivity index (χ4v) is 3.10. The van der Waals surface area contributed by atoms with Gasteiger partial charge in [-0.3, -0.25) is 5.10 Å². The fourth-order valence-electron chi connectivity index (χ4n) is 3.10. The Bertz CT molecular complexity index is 756. The summed E-state index contributed by atoms with van der Waals surface area (Å²) in [7, 11) is 1.65. The monoisotopic (exact) mass is 484 g/mol. The number of hydrogen-bond acceptors (Lipinski definition) is 4. The van der Waals surface area contributed by atoms with Crippen molar-refractivity contribution < 1.29 is 4.74 Å². The number of likely N-dealkylation sites (tertiary alicyclic amines) is 1. The van der Waals surface area contributed by atoms with E-state index in [-0.39, 0.29) is 24.0 Å². The zero-order valence-electron chi connectivity index (χ0n) is 16.5. The highest BCUT2D eigenvalue weighted by atomic mass is 127. The summed E-state index contributed by atoms with van der Waals surface area (Å²) in [4.78, 5) is 11.6. The van der Waals surface area contributed by atoms with Gasteiger partial charge in [-0.05, 0) is 43.0 Å². The van der Waals surface area contributed by atoms with E-state index in [1.54, 1.807) is 7.11 Å². The van der Waals surface area contributed by atoms with Crippen molar-refractivity contribution in [1.82, 2.24) is 25.4 Å². The second-order valence-electron chi connectivity index (χ2n) is 7.34. The molecule has 0 unspecified atom stereocenters. The lowest BCUT2D eigenvalue weighted by Gasteiger charge is -2.23. The minimum Gasteiger partial charge on any atom is -0.497 e. The van der Waals surface area contributed by atoms with E-state index in [9.17, 15) is 0 Å². The van der Waals surface area contributed by atoms with E-state index in [2.05, 4.69) is 46.2 Å². The third kappa shape index (κ3) is 5.57. The molecule has 1 fully saturated rings. The van der Waals surface area contributed by atoms with Crippen LogP contribution in [0.2, 0.25) is 0 Å². The first-order valence-electron chi connectivity index (χ1n) is 9.10. The van der Waals surface area contributed by atoms with Gasteiger partial charge in [0.1, 0.15) is 18.1 Å². The maximum Gasteiger partial charge on any atom is 0.194 e. The van der Waals surface area contributed by atoms with Gasteiger partial charge in [-0.15, -0.1) is 24.0 Å². The van der Waals surface area contributed by atoms with Crippen molar-refractivity contribution in [3.05, 3.63) is 30.1 Å². The van der Waals surface area contributed by atoms with Crippen LogP contribution in [0.15, 0.2) is 29.3 Å². The van der Waals surface area contributed by atoms with Crippen molar-refractivity contribution in [2.75, 3.05) is 26.7 Å². The van der Waals surface area contributed by atoms with Crippen molar-refractivity contribution in [3.63, 3.8) is 0 Å². The van der Waals surface area contributed by atoms with Crippen molar-refractivity contribution in [2.45, 2.75) is 33.7 Å². The number of aromatic amines is 1. The fraction of sp³-hybridized carbons (Fsp3) is 0.526. The summed E-state index contributed by atoms with van der Waals surface area (Å²) in [5.41, 5.74) is 1.29. The first-order chi connectivity index (χ1) is 12.5. The first-order valence-corrected chi connectivity index (χ1v) is 9.10. The summed E-state index contributed by atoms with van der Waals surface area (Å²) < 4.78 is 5.18. The van der Waals surface area contributed by atoms with Crippen LogP contribution in [0.5, 0.6) is 5.75 Å². The maximum absolute atomic E-state index is 5.18. The van der Waals surface area contributed by atoms with Gasteiger partial charge in [0, 0.05) is 25.2 Å². The highest BCUT2D eigenvalue weighted by molar-refractivity contribution is 14.0. The van der Waals surface area contributed by atoms with Gasteiger partial charge in [-0.25, -0.2) is 9.98 Å². The summed E-state index contributed by atoms with van der Waals surface area (Å²) >= 11 is 0. The molecular weight excluding hydrogens is 455 g/mol. The Morgan fingerprint density at radius 2 is 2.07 bits per heavy atom. The molecule has 2 aromatic rings. The number of rotatable bonds is 5. The number of halogens is 1. The standard InChI is InChI=1S/C19H28N6O.HI/c1-5-20-18(25-11-10-19(2,3)13-25)21-12-16-22-17(24-23-16)14-6-8-15(26-4)9-7-14;/h6-9H,5,10-13H2,1-4H3,(H,20,21)(H,22,23,24);1H. The third-order valence-corrected chi connectivity index (χ3v) is 4.57. The molecule has 1 saturated heterocycles. The van der Waals surface area contributed by atoms with E-state index in [1.165, 1.54) is 6.42 Å². The molecule has 0 bridgehead atoms. The Morgan fingerprint density at radius 3 is 2.67 bits per heavy atom. The number of H-pyrrole nitrogens is 1. The van der Waals surface area contributed by atoms with Gasteiger partial charge in [0.15, 0.2) is 11.8 Å². The summed E-state index contributed by atoms with van der Waals surface area (Å²) in [5.74, 6) is 3.19. The molecular formula is C19H29IN6O. The molecule has 0 amide bonds. The second kappa shape index (κ2) is 9.38. The SMILES string of the molecule is CCNC(=NCc1nc(-c2ccc(OC)cc2)n[nH]1)N1CCC(C)(C)C1.I. The molecule has 1 aromatic heterocycles. The molecule has 7 nitrogen and oxygen atoms in total. The van der Waals surface area contributed by atoms with Crippen molar-refractivity contribution in [3.8, 4) is 17.1 Å². The van der Waals surface area contributed by atoms with Gasteiger partial charge in [0.2, 0.25) is 0 Å². The number of benzene rings is 1. The van der Waals surface area contributed by atoms with E-state index in [1.807, 2.05) is 24.3 Å². The molecule has 0 saturated carbocycles. The molecule has 8 heteroatoms. The van der Waals surface area contributed by atoms with Crippen LogP contribution in [0.4, 0.5) is 0 Å². The predicted molar refractivity (Wildman–Crippen MR) is 119 cm³/mol. The summed E-state index contributed by atoms with van der Waals surface area (Å²) in [5, 5.41) is 10.7. The second-order valence-corrected chi connectivity index (χ2v) is 7.34. The van der Waals surface area contributed by atoms with Crippen molar-refractivity contribution in [1.29, 1.82) is 0 Å². The maximum atomic E-state index is 5.18. The molecule has 1 aromatic carbocycles. The van der Waals surface area contributed by atoms with Crippen molar-refractivity contribution >= 4 is 29.9 Å². The largest absolute Gasteiger partial charge is 0.497 e. The molecule has 2 N–H and O–H groups in total. The van der Waals surface area contributed by atoms with Gasteiger partial charge in [0.05, 0.1) is 7.11 Å². The van der Waals surface area contributed by atoms with Gasteiger partial charge in [0.25, 0.3) is 0 Å². The Balaban J connectivity index is 0.00000261. The van der Waals surface area contributed by atoms with Crippen LogP contribution in [0.1, 0.15) is 33.0 Å². The molecule has 0 spiro atoms. The number of aromatic nitrogens is 3. The van der Waals surface area contributed by atoms with Crippen LogP contribution in [0.3, 0.4) is 0 Å². The highest BCUT2D eigenvalue weighted by Crippen LogP contribution is 2.28. The summed E-state index contributed by atoms with van der Waals surface area (Å²) in [6.45, 7) is 10.1. The molecule has 1 aliphatic rings. The zero-order chi connectivity index (χ0) is 18.6. The molecule has 27 heavy (non-hydrogen) atoms. The smallest absolute Gasteiger partial charge is 0.194 e. The van der Waals surface area contributed by atoms with Gasteiger partial charge in [-0.2, -0.15) is 5.10 Å². The average molecular weight is 484 g/mol. The van der Waals surface area contributed by atoms with Crippen LogP contribution >= 0.6 is 24.0 Å². The Labute approximate surface area is 178 Å². The van der Waals surface area contributed by atoms with Crippen LogP contribution < -0.4 is 10.1 Å². The van der Waals surface area contributed by atoms with Gasteiger partial charge < -0.3 is 15.0 Å². The van der Waals surface area contributed by atoms with E-state index < -0.39 is 0 Å². The first kappa shape index (κ1) is 21.5. The highest BCUT2D eigenvalue weighted by Gasteiger charge is 2.30. The predicted octanol–water partition coefficient (Wildman–Crippen LogP) is 3.30. The van der Waals surface area contributed by atoms with Crippen LogP contribution in [0.25, 0.3) is 11.4 Å². The number of ether oxygens (including phenoxy) is 1. The topological polar surface area (TPSA) is 78.4 Å². The molecule has 0 radical (unpaired) electrons. The zero-order valence-corrected chi connectivity index (χ0v) is 18.8. The quantitative estimate of drug-likeness (QED) is 0.387. The number of nitrogens with one attached hydrogen (secondary N) is 2. The number of hydrogen-bond donors (Lipinski definition) is 2. The lowest BCUT2D eigenvalue weighted by atomic mass is 9.93. The molecule has 1 aliphatic heterocycles. The Hall–Kier alpha value is -1.84. The lowest BCUT2D eigenvalue weighted by Crippen LogP contribution is -2.40. The molecule has 0 atom stereocenters. The Morgan fingerprint density at radius 1 is 1.33 bits per heavy atom. The lowest BCUT2D eigenvalue weighted by molar-refractivity contribution is 0.370. The third-order valence-electron chi connectivity index (χ3n) is 4.57. The number of guanidine groups is 1. The minimum atomic E-state index is 0. The molecule has 0 aliphatic carbocycles. The number of aliphatic imine (C=N–C) groups is 1. The van der Waals surface area contributed by atoms with Gasteiger partial charge >= 0.3 is 0 Å².